The van der Waals surface area contributed by atoms with Gasteiger partial charge in [-0.05, 0) is 6.92 Å². The molecule has 0 saturated carbocycles. The largest absolute Gasteiger partial charge is 0.453 e. The fraction of sp³-hybridized carbons (Fsp3) is 0.875. The minimum Gasteiger partial charge on any atom is -0.453 e. The lowest BCUT2D eigenvalue weighted by molar-refractivity contribution is -0.0659. The van der Waals surface area contributed by atoms with Gasteiger partial charge in [-0.2, -0.15) is 0 Å². The highest BCUT2D eigenvalue weighted by Gasteiger charge is 2.27. The van der Waals surface area contributed by atoms with Gasteiger partial charge in [0.15, 0.2) is 0 Å². The number of nitrogens with two attached hydrogens (primary N) is 1. The number of methoxy groups -OCH3 is 1. The second kappa shape index (κ2) is 4.43. The zero-order valence-corrected chi connectivity index (χ0v) is 8.03. The molecule has 2 N–H and O–H groups in total. The first-order valence-electron chi connectivity index (χ1n) is 4.35. The summed E-state index contributed by atoms with van der Waals surface area (Å²) in [7, 11) is 1.37. The maximum absolute atomic E-state index is 11.2. The maximum Gasteiger partial charge on any atom is 0.409 e. The molecule has 1 amide bonds. The molecule has 1 fully saturated rings. The molecule has 0 spiro atoms. The number of amides is 1. The van der Waals surface area contributed by atoms with E-state index in [4.69, 9.17) is 10.5 Å². The quantitative estimate of drug-likeness (QED) is 0.619. The van der Waals surface area contributed by atoms with Gasteiger partial charge < -0.3 is 20.1 Å². The second-order valence-electron chi connectivity index (χ2n) is 3.18. The van der Waals surface area contributed by atoms with E-state index in [1.165, 1.54) is 7.11 Å². The molecule has 0 aliphatic carbocycles. The van der Waals surface area contributed by atoms with Crippen molar-refractivity contribution in [3.63, 3.8) is 0 Å². The molecule has 1 saturated heterocycles. The fourth-order valence-electron chi connectivity index (χ4n) is 1.45. The van der Waals surface area contributed by atoms with Crippen LogP contribution < -0.4 is 5.73 Å². The van der Waals surface area contributed by atoms with E-state index in [2.05, 4.69) is 4.74 Å². The van der Waals surface area contributed by atoms with Crippen LogP contribution in [0.15, 0.2) is 0 Å². The Morgan fingerprint density at radius 1 is 1.69 bits per heavy atom. The molecule has 0 bridgehead atoms. The van der Waals surface area contributed by atoms with Crippen molar-refractivity contribution in [2.24, 2.45) is 5.73 Å². The van der Waals surface area contributed by atoms with Crippen molar-refractivity contribution in [3.05, 3.63) is 0 Å². The van der Waals surface area contributed by atoms with Crippen molar-refractivity contribution < 1.29 is 14.3 Å². The third-order valence-electron chi connectivity index (χ3n) is 2.02. The first-order valence-corrected chi connectivity index (χ1v) is 4.35. The molecule has 0 aromatic heterocycles. The van der Waals surface area contributed by atoms with Gasteiger partial charge in [0.2, 0.25) is 0 Å². The molecule has 1 aliphatic heterocycles. The topological polar surface area (TPSA) is 64.8 Å². The SMILES string of the molecule is COC(=O)N1CC(C)OC(CN)C1. The highest BCUT2D eigenvalue weighted by Crippen LogP contribution is 2.10. The fourth-order valence-corrected chi connectivity index (χ4v) is 1.45. The minimum atomic E-state index is -0.311. The predicted molar refractivity (Wildman–Crippen MR) is 47.4 cm³/mol. The molecule has 13 heavy (non-hydrogen) atoms. The summed E-state index contributed by atoms with van der Waals surface area (Å²) in [6, 6.07) is 0. The Kier molecular flexibility index (Phi) is 3.50. The second-order valence-corrected chi connectivity index (χ2v) is 3.18. The molecule has 1 aliphatic rings. The Morgan fingerprint density at radius 2 is 2.38 bits per heavy atom. The van der Waals surface area contributed by atoms with E-state index in [1.54, 1.807) is 4.90 Å². The van der Waals surface area contributed by atoms with E-state index in [0.29, 0.717) is 19.6 Å². The van der Waals surface area contributed by atoms with Crippen LogP contribution >= 0.6 is 0 Å². The lowest BCUT2D eigenvalue weighted by Crippen LogP contribution is -2.51. The van der Waals surface area contributed by atoms with E-state index in [0.717, 1.165) is 0 Å². The molecule has 5 heteroatoms. The number of carbonyl (C=O) groups excluding carboxylic acids is 1. The summed E-state index contributed by atoms with van der Waals surface area (Å²) in [5, 5.41) is 0. The number of carbonyl (C=O) groups is 1. The van der Waals surface area contributed by atoms with E-state index < -0.39 is 0 Å². The Morgan fingerprint density at radius 3 is 2.92 bits per heavy atom. The van der Waals surface area contributed by atoms with Crippen LogP contribution in [0.3, 0.4) is 0 Å². The van der Waals surface area contributed by atoms with Crippen molar-refractivity contribution in [1.29, 1.82) is 0 Å². The van der Waals surface area contributed by atoms with Gasteiger partial charge >= 0.3 is 6.09 Å². The third kappa shape index (κ3) is 2.57. The van der Waals surface area contributed by atoms with Gasteiger partial charge in [0.05, 0.1) is 32.4 Å². The van der Waals surface area contributed by atoms with Crippen LogP contribution in [0.4, 0.5) is 4.79 Å². The van der Waals surface area contributed by atoms with Gasteiger partial charge in [-0.15, -0.1) is 0 Å². The van der Waals surface area contributed by atoms with Crippen molar-refractivity contribution in [1.82, 2.24) is 4.90 Å². The molecule has 0 aromatic carbocycles. The lowest BCUT2D eigenvalue weighted by atomic mass is 10.2. The number of morpholine rings is 1. The van der Waals surface area contributed by atoms with Gasteiger partial charge in [0.25, 0.3) is 0 Å². The third-order valence-corrected chi connectivity index (χ3v) is 2.02. The monoisotopic (exact) mass is 188 g/mol. The number of hydrogen-bond acceptors (Lipinski definition) is 4. The van der Waals surface area contributed by atoms with Crippen molar-refractivity contribution in [2.75, 3.05) is 26.7 Å². The van der Waals surface area contributed by atoms with Crippen LogP contribution in [0.25, 0.3) is 0 Å². The van der Waals surface area contributed by atoms with Crippen LogP contribution in [0.2, 0.25) is 0 Å². The van der Waals surface area contributed by atoms with Gasteiger partial charge in [-0.25, -0.2) is 4.79 Å². The summed E-state index contributed by atoms with van der Waals surface area (Å²) in [4.78, 5) is 12.8. The highest BCUT2D eigenvalue weighted by atomic mass is 16.5. The Balaban J connectivity index is 2.51. The van der Waals surface area contributed by atoms with Crippen molar-refractivity contribution in [2.45, 2.75) is 19.1 Å². The first-order chi connectivity index (χ1) is 6.17. The summed E-state index contributed by atoms with van der Waals surface area (Å²) < 4.78 is 10.1. The summed E-state index contributed by atoms with van der Waals surface area (Å²) in [5.41, 5.74) is 5.47. The minimum absolute atomic E-state index is 0.0291. The lowest BCUT2D eigenvalue weighted by Gasteiger charge is -2.35. The summed E-state index contributed by atoms with van der Waals surface area (Å²) in [6.45, 7) is 3.44. The molecule has 0 aromatic rings. The molecule has 1 heterocycles. The number of rotatable bonds is 1. The zero-order valence-electron chi connectivity index (χ0n) is 8.03. The van der Waals surface area contributed by atoms with Crippen LogP contribution in [0.1, 0.15) is 6.92 Å². The standard InChI is InChI=1S/C8H16N2O3/c1-6-4-10(8(11)12-2)5-7(3-9)13-6/h6-7H,3-5,9H2,1-2H3. The van der Waals surface area contributed by atoms with Crippen LogP contribution in [0.5, 0.6) is 0 Å². The summed E-state index contributed by atoms with van der Waals surface area (Å²) in [6.07, 6.45) is -0.349. The van der Waals surface area contributed by atoms with Crippen LogP contribution in [-0.4, -0.2) is 49.9 Å². The number of hydrogen-bond donors (Lipinski definition) is 1. The first kappa shape index (κ1) is 10.3. The van der Waals surface area contributed by atoms with E-state index in [1.807, 2.05) is 6.92 Å². The van der Waals surface area contributed by atoms with Crippen LogP contribution in [0, 0.1) is 0 Å². The number of nitrogens with zero attached hydrogens (tertiary/aromatic N) is 1. The molecular formula is C8H16N2O3. The Labute approximate surface area is 77.8 Å². The average molecular weight is 188 g/mol. The van der Waals surface area contributed by atoms with E-state index in [-0.39, 0.29) is 18.3 Å². The van der Waals surface area contributed by atoms with Gasteiger partial charge in [-0.3, -0.25) is 0 Å². The molecule has 5 nitrogen and oxygen atoms in total. The molecule has 0 radical (unpaired) electrons. The van der Waals surface area contributed by atoms with E-state index in [9.17, 15) is 4.79 Å². The smallest absolute Gasteiger partial charge is 0.409 e. The Hall–Kier alpha value is -0.810. The van der Waals surface area contributed by atoms with E-state index >= 15 is 0 Å². The summed E-state index contributed by atoms with van der Waals surface area (Å²) in [5.74, 6) is 0. The predicted octanol–water partition coefficient (Wildman–Crippen LogP) is -0.199. The van der Waals surface area contributed by atoms with Gasteiger partial charge in [-0.1, -0.05) is 0 Å². The molecular weight excluding hydrogens is 172 g/mol. The van der Waals surface area contributed by atoms with Gasteiger partial charge in [0.1, 0.15) is 0 Å². The number of ether oxygens (including phenoxy) is 2. The molecule has 2 unspecified atom stereocenters. The van der Waals surface area contributed by atoms with Gasteiger partial charge in [0, 0.05) is 6.54 Å². The highest BCUT2D eigenvalue weighted by molar-refractivity contribution is 5.67. The molecule has 76 valence electrons. The van der Waals surface area contributed by atoms with Crippen LogP contribution in [-0.2, 0) is 9.47 Å². The Bertz CT molecular complexity index is 186. The normalized spacial score (nSPS) is 28.7. The zero-order chi connectivity index (χ0) is 9.84. The summed E-state index contributed by atoms with van der Waals surface area (Å²) >= 11 is 0. The van der Waals surface area contributed by atoms with Crippen molar-refractivity contribution >= 4 is 6.09 Å². The average Bonchev–Trinajstić information content (AvgIpc) is 2.15. The molecule has 2 atom stereocenters. The van der Waals surface area contributed by atoms with Crippen molar-refractivity contribution in [3.8, 4) is 0 Å². The maximum atomic E-state index is 11.2. The molecule has 1 rings (SSSR count).